The van der Waals surface area contributed by atoms with Crippen molar-refractivity contribution in [3.05, 3.63) is 0 Å². The molecule has 2 nitrogen and oxygen atoms in total. The Morgan fingerprint density at radius 3 is 1.63 bits per heavy atom. The molecule has 0 aliphatic heterocycles. The fourth-order valence-corrected chi connectivity index (χ4v) is 1.91. The molecule has 0 saturated heterocycles. The van der Waals surface area contributed by atoms with Gasteiger partial charge in [0.2, 0.25) is 0 Å². The first-order valence-corrected chi connectivity index (χ1v) is 8.29. The molecule has 0 spiro atoms. The summed E-state index contributed by atoms with van der Waals surface area (Å²) in [6.07, 6.45) is 9.02. The number of hydrogen-bond donors (Lipinski definition) is 0. The molecule has 0 unspecified atom stereocenters. The molecule has 0 heterocycles. The smallest absolute Gasteiger partial charge is 0.157 e. The van der Waals surface area contributed by atoms with Gasteiger partial charge in [0.25, 0.3) is 0 Å². The van der Waals surface area contributed by atoms with E-state index in [1.807, 2.05) is 0 Å². The third kappa shape index (κ3) is 14.1. The molecule has 0 rings (SSSR count). The zero-order valence-corrected chi connectivity index (χ0v) is 13.9. The number of ether oxygens (including phenoxy) is 2. The molecule has 0 aromatic heterocycles. The van der Waals surface area contributed by atoms with Crippen LogP contribution in [0.5, 0.6) is 0 Å². The first-order valence-electron chi connectivity index (χ1n) is 8.29. The average molecular weight is 272 g/mol. The lowest BCUT2D eigenvalue weighted by Crippen LogP contribution is -2.22. The third-order valence-corrected chi connectivity index (χ3v) is 3.02. The van der Waals surface area contributed by atoms with Crippen molar-refractivity contribution < 1.29 is 9.47 Å². The summed E-state index contributed by atoms with van der Waals surface area (Å²) in [5.74, 6) is 1.16. The van der Waals surface area contributed by atoms with Gasteiger partial charge in [-0.25, -0.2) is 0 Å². The fourth-order valence-electron chi connectivity index (χ4n) is 1.91. The molecule has 0 aliphatic rings. The summed E-state index contributed by atoms with van der Waals surface area (Å²) in [5, 5.41) is 0. The Hall–Kier alpha value is -0.0800. The van der Waals surface area contributed by atoms with Crippen LogP contribution in [0.25, 0.3) is 0 Å². The summed E-state index contributed by atoms with van der Waals surface area (Å²) >= 11 is 0. The van der Waals surface area contributed by atoms with Crippen LogP contribution in [-0.4, -0.2) is 19.5 Å². The molecule has 0 radical (unpaired) electrons. The van der Waals surface area contributed by atoms with Gasteiger partial charge in [0.1, 0.15) is 0 Å². The second-order valence-electron chi connectivity index (χ2n) is 6.44. The summed E-state index contributed by atoms with van der Waals surface area (Å²) in [6.45, 7) is 12.6. The van der Waals surface area contributed by atoms with Crippen molar-refractivity contribution in [3.8, 4) is 0 Å². The lowest BCUT2D eigenvalue weighted by Gasteiger charge is -2.21. The van der Waals surface area contributed by atoms with Gasteiger partial charge in [-0.15, -0.1) is 0 Å². The van der Waals surface area contributed by atoms with Gasteiger partial charge >= 0.3 is 0 Å². The van der Waals surface area contributed by atoms with Crippen molar-refractivity contribution >= 4 is 0 Å². The monoisotopic (exact) mass is 272 g/mol. The highest BCUT2D eigenvalue weighted by Crippen LogP contribution is 2.13. The number of hydrogen-bond acceptors (Lipinski definition) is 2. The average Bonchev–Trinajstić information content (AvgIpc) is 2.35. The lowest BCUT2D eigenvalue weighted by atomic mass is 10.1. The molecule has 0 bridgehead atoms. The van der Waals surface area contributed by atoms with E-state index in [0.29, 0.717) is 11.8 Å². The van der Waals surface area contributed by atoms with Gasteiger partial charge in [-0.05, 0) is 24.7 Å². The highest BCUT2D eigenvalue weighted by Gasteiger charge is 2.11. The predicted molar refractivity (Wildman–Crippen MR) is 83.4 cm³/mol. The van der Waals surface area contributed by atoms with Crippen LogP contribution < -0.4 is 0 Å². The zero-order chi connectivity index (χ0) is 14.5. The second-order valence-corrected chi connectivity index (χ2v) is 6.44. The summed E-state index contributed by atoms with van der Waals surface area (Å²) in [5.41, 5.74) is 0. The Labute approximate surface area is 121 Å². The quantitative estimate of drug-likeness (QED) is 0.330. The third-order valence-electron chi connectivity index (χ3n) is 3.02. The van der Waals surface area contributed by atoms with Crippen molar-refractivity contribution in [1.29, 1.82) is 0 Å². The Kier molecular flexibility index (Phi) is 12.9. The van der Waals surface area contributed by atoms with Crippen LogP contribution in [0.4, 0.5) is 0 Å². The van der Waals surface area contributed by atoms with E-state index in [-0.39, 0.29) is 6.29 Å². The molecule has 0 N–H and O–H groups in total. The van der Waals surface area contributed by atoms with E-state index in [4.69, 9.17) is 9.47 Å². The zero-order valence-electron chi connectivity index (χ0n) is 13.9. The standard InChI is InChI=1S/C17H36O2/c1-6-7-8-9-10-11-12-17(18-13-15(2)3)19-14-16(4)5/h15-17H,6-14H2,1-5H3. The van der Waals surface area contributed by atoms with E-state index >= 15 is 0 Å². The van der Waals surface area contributed by atoms with Gasteiger partial charge in [0.15, 0.2) is 6.29 Å². The Morgan fingerprint density at radius 1 is 0.684 bits per heavy atom. The van der Waals surface area contributed by atoms with Gasteiger partial charge in [-0.2, -0.15) is 0 Å². The fraction of sp³-hybridized carbons (Fsp3) is 1.00. The van der Waals surface area contributed by atoms with Crippen LogP contribution in [0.15, 0.2) is 0 Å². The molecule has 116 valence electrons. The van der Waals surface area contributed by atoms with Gasteiger partial charge in [0, 0.05) is 0 Å². The highest BCUT2D eigenvalue weighted by molar-refractivity contribution is 4.52. The first kappa shape index (κ1) is 18.9. The van der Waals surface area contributed by atoms with Gasteiger partial charge < -0.3 is 9.47 Å². The van der Waals surface area contributed by atoms with Crippen LogP contribution in [0.2, 0.25) is 0 Å². The van der Waals surface area contributed by atoms with Crippen LogP contribution >= 0.6 is 0 Å². The van der Waals surface area contributed by atoms with Crippen molar-refractivity contribution in [2.24, 2.45) is 11.8 Å². The van der Waals surface area contributed by atoms with Crippen molar-refractivity contribution in [3.63, 3.8) is 0 Å². The van der Waals surface area contributed by atoms with Crippen molar-refractivity contribution in [2.75, 3.05) is 13.2 Å². The van der Waals surface area contributed by atoms with E-state index in [1.165, 1.54) is 38.5 Å². The second kappa shape index (κ2) is 12.9. The molecular weight excluding hydrogens is 236 g/mol. The molecule has 2 heteroatoms. The lowest BCUT2D eigenvalue weighted by molar-refractivity contribution is -0.157. The van der Waals surface area contributed by atoms with Gasteiger partial charge in [-0.3, -0.25) is 0 Å². The van der Waals surface area contributed by atoms with E-state index < -0.39 is 0 Å². The minimum absolute atomic E-state index is 0.0102. The molecule has 0 saturated carbocycles. The van der Waals surface area contributed by atoms with Gasteiger partial charge in [-0.1, -0.05) is 66.7 Å². The van der Waals surface area contributed by atoms with Crippen LogP contribution in [-0.2, 0) is 9.47 Å². The molecule has 0 fully saturated rings. The van der Waals surface area contributed by atoms with E-state index in [2.05, 4.69) is 34.6 Å². The van der Waals surface area contributed by atoms with E-state index in [9.17, 15) is 0 Å². The van der Waals surface area contributed by atoms with Crippen molar-refractivity contribution in [2.45, 2.75) is 85.9 Å². The largest absolute Gasteiger partial charge is 0.352 e. The van der Waals surface area contributed by atoms with Crippen LogP contribution in [0.3, 0.4) is 0 Å². The summed E-state index contributed by atoms with van der Waals surface area (Å²) < 4.78 is 11.7. The summed E-state index contributed by atoms with van der Waals surface area (Å²) in [7, 11) is 0. The van der Waals surface area contributed by atoms with Gasteiger partial charge in [0.05, 0.1) is 13.2 Å². The molecule has 19 heavy (non-hydrogen) atoms. The van der Waals surface area contributed by atoms with Crippen LogP contribution in [0, 0.1) is 11.8 Å². The maximum Gasteiger partial charge on any atom is 0.157 e. The van der Waals surface area contributed by atoms with Crippen molar-refractivity contribution in [1.82, 2.24) is 0 Å². The highest BCUT2D eigenvalue weighted by atomic mass is 16.7. The molecule has 0 aliphatic carbocycles. The Bertz CT molecular complexity index is 166. The molecule has 0 atom stereocenters. The molecule has 0 amide bonds. The Balaban J connectivity index is 3.71. The molecule has 0 aromatic rings. The minimum Gasteiger partial charge on any atom is -0.352 e. The van der Waals surface area contributed by atoms with E-state index in [1.54, 1.807) is 0 Å². The summed E-state index contributed by atoms with van der Waals surface area (Å²) in [4.78, 5) is 0. The normalized spacial score (nSPS) is 12.0. The predicted octanol–water partition coefficient (Wildman–Crippen LogP) is 5.41. The minimum atomic E-state index is 0.0102. The number of rotatable bonds is 13. The maximum atomic E-state index is 5.86. The molecular formula is C17H36O2. The topological polar surface area (TPSA) is 18.5 Å². The summed E-state index contributed by atoms with van der Waals surface area (Å²) in [6, 6.07) is 0. The first-order chi connectivity index (χ1) is 9.06. The maximum absolute atomic E-state index is 5.86. The number of unbranched alkanes of at least 4 members (excludes halogenated alkanes) is 5. The Morgan fingerprint density at radius 2 is 1.16 bits per heavy atom. The SMILES string of the molecule is CCCCCCCCC(OCC(C)C)OCC(C)C. The molecule has 0 aromatic carbocycles. The van der Waals surface area contributed by atoms with E-state index in [0.717, 1.165) is 19.6 Å². The van der Waals surface area contributed by atoms with Crippen LogP contribution in [0.1, 0.15) is 79.6 Å².